The summed E-state index contributed by atoms with van der Waals surface area (Å²) in [5.41, 5.74) is 2.45. The zero-order chi connectivity index (χ0) is 17.1. The Morgan fingerprint density at radius 1 is 0.800 bits per heavy atom. The summed E-state index contributed by atoms with van der Waals surface area (Å²) < 4.78 is 16.5. The molecule has 4 heteroatoms. The number of ether oxygens (including phenoxy) is 3. The lowest BCUT2D eigenvalue weighted by atomic mass is 10.1. The van der Waals surface area contributed by atoms with Gasteiger partial charge in [-0.25, -0.2) is 0 Å². The zero-order valence-corrected chi connectivity index (χ0v) is 14.2. The van der Waals surface area contributed by atoms with E-state index in [-0.39, 0.29) is 0 Å². The van der Waals surface area contributed by atoms with Crippen molar-refractivity contribution in [3.8, 4) is 17.2 Å². The van der Waals surface area contributed by atoms with Crippen LogP contribution in [0.15, 0.2) is 54.6 Å². The molecule has 0 amide bonds. The minimum absolute atomic E-state index is 0.617. The van der Waals surface area contributed by atoms with Crippen molar-refractivity contribution in [2.45, 2.75) is 13.1 Å². The molecule has 0 fully saturated rings. The van der Waals surface area contributed by atoms with E-state index >= 15 is 0 Å². The smallest absolute Gasteiger partial charge is 0.161 e. The standard InChI is InChI=1S/C21H21NO3/c1-23-19-6-5-17-10-15(2-4-18(17)12-19)13-22-14-16-3-7-20-21(11-16)25-9-8-24-20/h2-7,10-12,22H,8-9,13-14H2,1H3. The Morgan fingerprint density at radius 2 is 1.48 bits per heavy atom. The largest absolute Gasteiger partial charge is 0.497 e. The molecule has 1 N–H and O–H groups in total. The zero-order valence-electron chi connectivity index (χ0n) is 14.2. The molecule has 1 aliphatic rings. The van der Waals surface area contributed by atoms with E-state index in [2.05, 4.69) is 41.7 Å². The summed E-state index contributed by atoms with van der Waals surface area (Å²) in [7, 11) is 1.69. The second kappa shape index (κ2) is 7.03. The van der Waals surface area contributed by atoms with Crippen molar-refractivity contribution in [3.05, 3.63) is 65.7 Å². The summed E-state index contributed by atoms with van der Waals surface area (Å²) in [5, 5.41) is 5.90. The molecule has 0 bridgehead atoms. The maximum absolute atomic E-state index is 5.63. The van der Waals surface area contributed by atoms with Gasteiger partial charge in [-0.15, -0.1) is 0 Å². The van der Waals surface area contributed by atoms with Gasteiger partial charge in [0.1, 0.15) is 19.0 Å². The fourth-order valence-corrected chi connectivity index (χ4v) is 3.06. The van der Waals surface area contributed by atoms with E-state index in [1.165, 1.54) is 21.9 Å². The van der Waals surface area contributed by atoms with Gasteiger partial charge in [-0.3, -0.25) is 0 Å². The molecule has 0 atom stereocenters. The highest BCUT2D eigenvalue weighted by atomic mass is 16.6. The first-order valence-corrected chi connectivity index (χ1v) is 8.48. The molecular formula is C21H21NO3. The molecule has 0 saturated carbocycles. The first-order chi connectivity index (χ1) is 12.3. The molecule has 0 radical (unpaired) electrons. The van der Waals surface area contributed by atoms with Crippen LogP contribution in [0, 0.1) is 0 Å². The second-order valence-electron chi connectivity index (χ2n) is 6.13. The Labute approximate surface area is 147 Å². The van der Waals surface area contributed by atoms with Crippen LogP contribution in [0.25, 0.3) is 10.8 Å². The van der Waals surface area contributed by atoms with Crippen molar-refractivity contribution in [2.24, 2.45) is 0 Å². The summed E-state index contributed by atoms with van der Waals surface area (Å²) in [4.78, 5) is 0. The van der Waals surface area contributed by atoms with Gasteiger partial charge in [0.15, 0.2) is 11.5 Å². The van der Waals surface area contributed by atoms with Crippen LogP contribution in [0.1, 0.15) is 11.1 Å². The number of nitrogens with one attached hydrogen (secondary N) is 1. The normalized spacial score (nSPS) is 13.0. The Kier molecular flexibility index (Phi) is 4.44. The van der Waals surface area contributed by atoms with Crippen LogP contribution in [-0.4, -0.2) is 20.3 Å². The molecule has 4 nitrogen and oxygen atoms in total. The van der Waals surface area contributed by atoms with Gasteiger partial charge in [0.2, 0.25) is 0 Å². The monoisotopic (exact) mass is 335 g/mol. The molecule has 3 aromatic carbocycles. The van der Waals surface area contributed by atoms with E-state index in [0.717, 1.165) is 30.3 Å². The minimum atomic E-state index is 0.617. The van der Waals surface area contributed by atoms with Crippen LogP contribution >= 0.6 is 0 Å². The Bertz CT molecular complexity index is 891. The van der Waals surface area contributed by atoms with Crippen molar-refractivity contribution in [2.75, 3.05) is 20.3 Å². The number of methoxy groups -OCH3 is 1. The highest BCUT2D eigenvalue weighted by molar-refractivity contribution is 5.84. The maximum Gasteiger partial charge on any atom is 0.161 e. The van der Waals surface area contributed by atoms with Gasteiger partial charge in [0, 0.05) is 13.1 Å². The number of fused-ring (bicyclic) bond motifs is 2. The van der Waals surface area contributed by atoms with Crippen LogP contribution in [0.2, 0.25) is 0 Å². The summed E-state index contributed by atoms with van der Waals surface area (Å²) in [6.45, 7) is 2.85. The van der Waals surface area contributed by atoms with Gasteiger partial charge in [0.05, 0.1) is 7.11 Å². The summed E-state index contributed by atoms with van der Waals surface area (Å²) in [6.07, 6.45) is 0. The highest BCUT2D eigenvalue weighted by Gasteiger charge is 2.11. The predicted molar refractivity (Wildman–Crippen MR) is 98.5 cm³/mol. The molecular weight excluding hydrogens is 314 g/mol. The molecule has 0 spiro atoms. The Hall–Kier alpha value is -2.72. The third-order valence-electron chi connectivity index (χ3n) is 4.38. The summed E-state index contributed by atoms with van der Waals surface area (Å²) >= 11 is 0. The van der Waals surface area contributed by atoms with E-state index in [0.29, 0.717) is 13.2 Å². The van der Waals surface area contributed by atoms with Crippen molar-refractivity contribution in [1.29, 1.82) is 0 Å². The molecule has 4 rings (SSSR count). The summed E-state index contributed by atoms with van der Waals surface area (Å²) in [5.74, 6) is 2.56. The molecule has 0 saturated heterocycles. The molecule has 0 unspecified atom stereocenters. The molecule has 0 aliphatic carbocycles. The number of hydrogen-bond acceptors (Lipinski definition) is 4. The van der Waals surface area contributed by atoms with E-state index in [9.17, 15) is 0 Å². The van der Waals surface area contributed by atoms with Crippen molar-refractivity contribution < 1.29 is 14.2 Å². The van der Waals surface area contributed by atoms with E-state index in [1.807, 2.05) is 18.2 Å². The fraction of sp³-hybridized carbons (Fsp3) is 0.238. The lowest BCUT2D eigenvalue weighted by molar-refractivity contribution is 0.171. The topological polar surface area (TPSA) is 39.7 Å². The van der Waals surface area contributed by atoms with Gasteiger partial charge in [0.25, 0.3) is 0 Å². The van der Waals surface area contributed by atoms with Gasteiger partial charge in [-0.2, -0.15) is 0 Å². The Balaban J connectivity index is 1.40. The number of rotatable bonds is 5. The first kappa shape index (κ1) is 15.8. The average molecular weight is 335 g/mol. The van der Waals surface area contributed by atoms with Gasteiger partial charge in [-0.05, 0) is 52.2 Å². The molecule has 25 heavy (non-hydrogen) atoms. The van der Waals surface area contributed by atoms with E-state index < -0.39 is 0 Å². The minimum Gasteiger partial charge on any atom is -0.497 e. The lowest BCUT2D eigenvalue weighted by Gasteiger charge is -2.19. The first-order valence-electron chi connectivity index (χ1n) is 8.48. The maximum atomic E-state index is 5.63. The molecule has 0 aromatic heterocycles. The van der Waals surface area contributed by atoms with Gasteiger partial charge < -0.3 is 19.5 Å². The van der Waals surface area contributed by atoms with Crippen molar-refractivity contribution in [3.63, 3.8) is 0 Å². The Morgan fingerprint density at radius 3 is 2.32 bits per heavy atom. The van der Waals surface area contributed by atoms with Crippen LogP contribution in [0.5, 0.6) is 17.2 Å². The molecule has 1 heterocycles. The van der Waals surface area contributed by atoms with Crippen LogP contribution in [-0.2, 0) is 13.1 Å². The highest BCUT2D eigenvalue weighted by Crippen LogP contribution is 2.30. The third kappa shape index (κ3) is 3.54. The van der Waals surface area contributed by atoms with Crippen molar-refractivity contribution in [1.82, 2.24) is 5.32 Å². The molecule has 128 valence electrons. The number of benzene rings is 3. The molecule has 3 aromatic rings. The van der Waals surface area contributed by atoms with Gasteiger partial charge >= 0.3 is 0 Å². The SMILES string of the molecule is COc1ccc2cc(CNCc3ccc4c(c3)OCCO4)ccc2c1. The van der Waals surface area contributed by atoms with Crippen LogP contribution in [0.4, 0.5) is 0 Å². The summed E-state index contributed by atoms with van der Waals surface area (Å²) in [6, 6.07) is 18.8. The quantitative estimate of drug-likeness (QED) is 0.767. The molecule has 1 aliphatic heterocycles. The predicted octanol–water partition coefficient (Wildman–Crippen LogP) is 3.91. The van der Waals surface area contributed by atoms with E-state index in [4.69, 9.17) is 14.2 Å². The average Bonchev–Trinajstić information content (AvgIpc) is 2.67. The lowest BCUT2D eigenvalue weighted by Crippen LogP contribution is -2.16. The van der Waals surface area contributed by atoms with Crippen molar-refractivity contribution >= 4 is 10.8 Å². The second-order valence-corrected chi connectivity index (χ2v) is 6.13. The van der Waals surface area contributed by atoms with E-state index in [1.54, 1.807) is 7.11 Å². The fourth-order valence-electron chi connectivity index (χ4n) is 3.06. The van der Waals surface area contributed by atoms with Crippen LogP contribution < -0.4 is 19.5 Å². The van der Waals surface area contributed by atoms with Gasteiger partial charge in [-0.1, -0.05) is 24.3 Å². The number of hydrogen-bond donors (Lipinski definition) is 1. The van der Waals surface area contributed by atoms with Crippen LogP contribution in [0.3, 0.4) is 0 Å². The third-order valence-corrected chi connectivity index (χ3v) is 4.38.